The van der Waals surface area contributed by atoms with Crippen molar-refractivity contribution in [2.75, 3.05) is 0 Å². The highest BCUT2D eigenvalue weighted by atomic mass is 15.1. The molecule has 1 unspecified atom stereocenters. The van der Waals surface area contributed by atoms with Crippen LogP contribution < -0.4 is 5.32 Å². The summed E-state index contributed by atoms with van der Waals surface area (Å²) < 4.78 is 4.94. The van der Waals surface area contributed by atoms with E-state index in [4.69, 9.17) is 5.41 Å². The van der Waals surface area contributed by atoms with Gasteiger partial charge in [-0.05, 0) is 114 Å². The van der Waals surface area contributed by atoms with Gasteiger partial charge in [0, 0.05) is 38.1 Å². The zero-order valence-corrected chi connectivity index (χ0v) is 33.4. The first-order chi connectivity index (χ1) is 28.1. The summed E-state index contributed by atoms with van der Waals surface area (Å²) in [4.78, 5) is 0. The fourth-order valence-corrected chi connectivity index (χ4v) is 9.11. The third-order valence-electron chi connectivity index (χ3n) is 11.6. The van der Waals surface area contributed by atoms with E-state index >= 15 is 0 Å². The van der Waals surface area contributed by atoms with E-state index < -0.39 is 0 Å². The minimum atomic E-state index is -0.0246. The minimum Gasteiger partial charge on any atom is -0.327 e. The maximum atomic E-state index is 5.50. The number of hydrogen-bond acceptors (Lipinski definition) is 2. The predicted octanol–water partition coefficient (Wildman–Crippen LogP) is 14.2. The smallest absolute Gasteiger partial charge is 0.0739 e. The number of nitrogens with one attached hydrogen (secondary N) is 2. The van der Waals surface area contributed by atoms with Crippen molar-refractivity contribution in [3.05, 3.63) is 180 Å². The second kappa shape index (κ2) is 15.9. The fraction of sp³-hybridized carbons (Fsp3) is 0.151. The van der Waals surface area contributed by atoms with E-state index in [-0.39, 0.29) is 6.04 Å². The molecule has 0 aliphatic heterocycles. The number of para-hydroxylation sites is 2. The normalized spacial score (nSPS) is 13.5. The van der Waals surface area contributed by atoms with Crippen LogP contribution in [0.2, 0.25) is 0 Å². The number of benzene rings is 6. The highest BCUT2D eigenvalue weighted by molar-refractivity contribution is 6.23. The largest absolute Gasteiger partial charge is 0.327 e. The second-order valence-electron chi connectivity index (χ2n) is 14.5. The van der Waals surface area contributed by atoms with Crippen LogP contribution in [0.4, 0.5) is 0 Å². The van der Waals surface area contributed by atoms with Crippen molar-refractivity contribution in [3.63, 3.8) is 0 Å². The molecule has 9 aromatic rings. The maximum absolute atomic E-state index is 5.50. The highest BCUT2D eigenvalue weighted by Crippen LogP contribution is 2.41. The molecule has 0 amide bonds. The standard InChI is InChI=1S/C50H41N3.C2H6.CH3N/c1-4-14-36(32(3)5-2)49(40-20-12-16-33-15-6-7-17-37(33)40)51-31-52-45-23-10-8-19-39(45)43-29-34(25-27-46(43)52)35-26-28-48-44(30-35)42-22-13-21-41-38-18-9-11-24-47(38)53(48)50(41)42;2*1-2/h4-7,9-18,20-30,49,51H,2,8,19,31H2,1,3H3;1-2H3;2H,1H2/b14-4-,36-32+;;. The Morgan fingerprint density at radius 3 is 2.14 bits per heavy atom. The molecule has 3 heterocycles. The molecular weight excluding hydrogens is 693 g/mol. The topological polar surface area (TPSA) is 45.2 Å². The number of allylic oxidation sites excluding steroid dienone is 4. The summed E-state index contributed by atoms with van der Waals surface area (Å²) >= 11 is 0. The quantitative estimate of drug-likeness (QED) is 0.118. The average molecular weight is 743 g/mol. The van der Waals surface area contributed by atoms with Crippen LogP contribution in [0.15, 0.2) is 163 Å². The molecule has 0 saturated carbocycles. The lowest BCUT2D eigenvalue weighted by atomic mass is 9.90. The molecule has 2 N–H and O–H groups in total. The summed E-state index contributed by atoms with van der Waals surface area (Å²) in [7, 11) is 0. The van der Waals surface area contributed by atoms with Gasteiger partial charge in [-0.3, -0.25) is 5.32 Å². The van der Waals surface area contributed by atoms with Crippen molar-refractivity contribution in [3.8, 4) is 11.1 Å². The summed E-state index contributed by atoms with van der Waals surface area (Å²) in [5, 5.41) is 18.7. The Morgan fingerprint density at radius 2 is 1.37 bits per heavy atom. The molecule has 3 aromatic heterocycles. The number of aryl methyl sites for hydroxylation is 1. The zero-order valence-electron chi connectivity index (χ0n) is 33.4. The lowest BCUT2D eigenvalue weighted by molar-refractivity contribution is 0.515. The van der Waals surface area contributed by atoms with Crippen molar-refractivity contribution in [2.45, 2.75) is 53.2 Å². The van der Waals surface area contributed by atoms with Crippen LogP contribution in [0.3, 0.4) is 0 Å². The Balaban J connectivity index is 0.00000110. The molecule has 1 aliphatic carbocycles. The molecule has 0 spiro atoms. The van der Waals surface area contributed by atoms with Gasteiger partial charge in [-0.1, -0.05) is 136 Å². The van der Waals surface area contributed by atoms with Gasteiger partial charge in [0.2, 0.25) is 0 Å². The SMILES string of the molecule is C=C/C(C)=C(\C=C/C)C(NCn1c2c(c3cc(-c4ccc5c(c4)c4cccc6c7ccccc7n5c64)ccc31)CCC=C2)c1cccc2ccccc12.C=N.CC. The van der Waals surface area contributed by atoms with Gasteiger partial charge in [0.15, 0.2) is 0 Å². The summed E-state index contributed by atoms with van der Waals surface area (Å²) in [5.74, 6) is 0. The highest BCUT2D eigenvalue weighted by Gasteiger charge is 2.23. The fourth-order valence-electron chi connectivity index (χ4n) is 9.11. The van der Waals surface area contributed by atoms with Crippen LogP contribution in [-0.4, -0.2) is 15.7 Å². The summed E-state index contributed by atoms with van der Waals surface area (Å²) in [6.07, 6.45) is 13.1. The van der Waals surface area contributed by atoms with E-state index in [1.165, 1.54) is 98.9 Å². The molecule has 1 aliphatic rings. The predicted molar refractivity (Wildman–Crippen MR) is 248 cm³/mol. The maximum Gasteiger partial charge on any atom is 0.0739 e. The molecule has 0 bridgehead atoms. The molecule has 4 heteroatoms. The van der Waals surface area contributed by atoms with Crippen molar-refractivity contribution in [1.82, 2.24) is 14.3 Å². The van der Waals surface area contributed by atoms with Gasteiger partial charge in [0.05, 0.1) is 29.3 Å². The summed E-state index contributed by atoms with van der Waals surface area (Å²) in [6.45, 7) is 15.6. The van der Waals surface area contributed by atoms with Gasteiger partial charge in [-0.2, -0.15) is 0 Å². The van der Waals surface area contributed by atoms with Gasteiger partial charge < -0.3 is 14.4 Å². The van der Waals surface area contributed by atoms with Crippen molar-refractivity contribution in [1.29, 1.82) is 5.41 Å². The molecule has 4 nitrogen and oxygen atoms in total. The van der Waals surface area contributed by atoms with Crippen LogP contribution in [0, 0.1) is 5.41 Å². The lowest BCUT2D eigenvalue weighted by Crippen LogP contribution is -2.27. The monoisotopic (exact) mass is 742 g/mol. The molecule has 0 radical (unpaired) electrons. The van der Waals surface area contributed by atoms with E-state index in [1.807, 2.05) is 19.9 Å². The number of aromatic nitrogens is 2. The van der Waals surface area contributed by atoms with E-state index in [1.54, 1.807) is 0 Å². The van der Waals surface area contributed by atoms with Gasteiger partial charge in [0.1, 0.15) is 0 Å². The van der Waals surface area contributed by atoms with Crippen molar-refractivity contribution in [2.24, 2.45) is 0 Å². The molecule has 282 valence electrons. The molecule has 6 aromatic carbocycles. The Bertz CT molecular complexity index is 3010. The van der Waals surface area contributed by atoms with Crippen molar-refractivity contribution >= 4 is 72.6 Å². The van der Waals surface area contributed by atoms with E-state index in [0.717, 1.165) is 12.8 Å². The third kappa shape index (κ3) is 6.18. The minimum absolute atomic E-state index is 0.0246. The van der Waals surface area contributed by atoms with E-state index in [0.29, 0.717) is 6.67 Å². The first kappa shape index (κ1) is 37.4. The summed E-state index contributed by atoms with van der Waals surface area (Å²) in [5.41, 5.74) is 14.0. The van der Waals surface area contributed by atoms with Crippen LogP contribution in [0.25, 0.3) is 77.0 Å². The number of nitrogens with zero attached hydrogens (tertiary/aromatic N) is 2. The van der Waals surface area contributed by atoms with Gasteiger partial charge in [-0.15, -0.1) is 0 Å². The molecular formula is C53H50N4. The van der Waals surface area contributed by atoms with Gasteiger partial charge in [-0.25, -0.2) is 0 Å². The van der Waals surface area contributed by atoms with Gasteiger partial charge >= 0.3 is 0 Å². The number of fused-ring (bicyclic) bond motifs is 10. The molecule has 10 rings (SSSR count). The van der Waals surface area contributed by atoms with Crippen LogP contribution in [0.1, 0.15) is 57.0 Å². The Labute approximate surface area is 335 Å². The molecule has 0 fully saturated rings. The van der Waals surface area contributed by atoms with E-state index in [9.17, 15) is 0 Å². The average Bonchev–Trinajstić information content (AvgIpc) is 3.92. The zero-order chi connectivity index (χ0) is 39.6. The first-order valence-corrected chi connectivity index (χ1v) is 20.2. The Kier molecular flexibility index (Phi) is 10.5. The lowest BCUT2D eigenvalue weighted by Gasteiger charge is -2.25. The van der Waals surface area contributed by atoms with Crippen molar-refractivity contribution < 1.29 is 0 Å². The summed E-state index contributed by atoms with van der Waals surface area (Å²) in [6, 6.07) is 45.0. The van der Waals surface area contributed by atoms with E-state index in [2.05, 4.69) is 187 Å². The molecule has 1 atom stereocenters. The molecule has 57 heavy (non-hydrogen) atoms. The number of rotatable bonds is 8. The Hall–Kier alpha value is -6.49. The number of hydrogen-bond donors (Lipinski definition) is 2. The van der Waals surface area contributed by atoms with Crippen LogP contribution >= 0.6 is 0 Å². The van der Waals surface area contributed by atoms with Gasteiger partial charge in [0.25, 0.3) is 0 Å². The second-order valence-corrected chi connectivity index (χ2v) is 14.5. The van der Waals surface area contributed by atoms with Crippen LogP contribution in [0.5, 0.6) is 0 Å². The first-order valence-electron chi connectivity index (χ1n) is 20.2. The molecule has 0 saturated heterocycles. The van der Waals surface area contributed by atoms with Crippen LogP contribution in [-0.2, 0) is 13.1 Å². The third-order valence-corrected chi connectivity index (χ3v) is 11.6. The Morgan fingerprint density at radius 1 is 0.737 bits per heavy atom.